The van der Waals surface area contributed by atoms with E-state index in [4.69, 9.17) is 4.74 Å². The van der Waals surface area contributed by atoms with Crippen LogP contribution in [0.4, 0.5) is 5.95 Å². The number of hydrogen-bond donors (Lipinski definition) is 1. The molecule has 0 atom stereocenters. The van der Waals surface area contributed by atoms with Gasteiger partial charge in [0, 0.05) is 38.7 Å². The normalized spacial score (nSPS) is 11.8. The van der Waals surface area contributed by atoms with Crippen molar-refractivity contribution >= 4 is 5.95 Å². The Kier molecular flexibility index (Phi) is 7.67. The van der Waals surface area contributed by atoms with Crippen LogP contribution in [0.3, 0.4) is 0 Å². The van der Waals surface area contributed by atoms with Gasteiger partial charge in [0.15, 0.2) is 0 Å². The Bertz CT molecular complexity index is 352. The lowest BCUT2D eigenvalue weighted by Crippen LogP contribution is -2.22. The molecule has 0 aliphatic rings. The molecular formula is C16H31N3O. The van der Waals surface area contributed by atoms with Crippen LogP contribution in [0.25, 0.3) is 0 Å². The first-order valence-corrected chi connectivity index (χ1v) is 7.89. The molecule has 0 aromatic carbocycles. The van der Waals surface area contributed by atoms with Crippen LogP contribution in [-0.2, 0) is 11.3 Å². The Morgan fingerprint density at radius 3 is 2.55 bits per heavy atom. The molecular weight excluding hydrogens is 250 g/mol. The Balaban J connectivity index is 2.49. The molecule has 1 N–H and O–H groups in total. The third kappa shape index (κ3) is 5.53. The van der Waals surface area contributed by atoms with Crippen molar-refractivity contribution in [1.82, 2.24) is 9.55 Å². The van der Waals surface area contributed by atoms with Gasteiger partial charge in [-0.05, 0) is 31.1 Å². The van der Waals surface area contributed by atoms with Crippen LogP contribution in [0.5, 0.6) is 0 Å². The number of aromatic nitrogens is 2. The van der Waals surface area contributed by atoms with E-state index in [-0.39, 0.29) is 0 Å². The first-order chi connectivity index (χ1) is 9.56. The van der Waals surface area contributed by atoms with Crippen molar-refractivity contribution in [3.8, 4) is 0 Å². The third-order valence-electron chi connectivity index (χ3n) is 3.79. The maximum absolute atomic E-state index is 5.34. The van der Waals surface area contributed by atoms with Crippen molar-refractivity contribution in [2.45, 2.75) is 47.6 Å². The summed E-state index contributed by atoms with van der Waals surface area (Å²) in [6, 6.07) is 0. The minimum atomic E-state index is 0.674. The summed E-state index contributed by atoms with van der Waals surface area (Å²) in [5, 5.41) is 3.41. The minimum absolute atomic E-state index is 0.674. The molecule has 0 spiro atoms. The van der Waals surface area contributed by atoms with Crippen molar-refractivity contribution in [3.05, 3.63) is 12.4 Å². The van der Waals surface area contributed by atoms with Crippen LogP contribution in [0.1, 0.15) is 41.0 Å². The minimum Gasteiger partial charge on any atom is -0.382 e. The highest BCUT2D eigenvalue weighted by Crippen LogP contribution is 2.23. The van der Waals surface area contributed by atoms with Crippen LogP contribution in [0.15, 0.2) is 12.4 Å². The second-order valence-electron chi connectivity index (χ2n) is 6.03. The highest BCUT2D eigenvalue weighted by Gasteiger charge is 2.19. The predicted molar refractivity (Wildman–Crippen MR) is 85.0 cm³/mol. The first kappa shape index (κ1) is 17.0. The zero-order valence-corrected chi connectivity index (χ0v) is 13.7. The molecule has 0 bridgehead atoms. The average Bonchev–Trinajstić information content (AvgIpc) is 2.82. The summed E-state index contributed by atoms with van der Waals surface area (Å²) in [6.45, 7) is 14.8. The molecule has 20 heavy (non-hydrogen) atoms. The molecule has 1 heterocycles. The molecule has 0 saturated heterocycles. The van der Waals surface area contributed by atoms with Gasteiger partial charge in [-0.3, -0.25) is 0 Å². The van der Waals surface area contributed by atoms with E-state index in [1.165, 1.54) is 0 Å². The van der Waals surface area contributed by atoms with E-state index >= 15 is 0 Å². The van der Waals surface area contributed by atoms with Gasteiger partial charge in [0.2, 0.25) is 5.95 Å². The van der Waals surface area contributed by atoms with Gasteiger partial charge in [-0.15, -0.1) is 0 Å². The van der Waals surface area contributed by atoms with Crippen LogP contribution in [0, 0.1) is 17.8 Å². The van der Waals surface area contributed by atoms with Crippen LogP contribution >= 0.6 is 0 Å². The average molecular weight is 281 g/mol. The largest absolute Gasteiger partial charge is 0.382 e. The molecule has 0 aliphatic heterocycles. The quantitative estimate of drug-likeness (QED) is 0.665. The lowest BCUT2D eigenvalue weighted by Gasteiger charge is -2.26. The molecule has 4 heteroatoms. The lowest BCUT2D eigenvalue weighted by molar-refractivity contribution is 0.147. The Morgan fingerprint density at radius 1 is 1.25 bits per heavy atom. The molecule has 1 aromatic heterocycles. The molecule has 116 valence electrons. The van der Waals surface area contributed by atoms with Crippen molar-refractivity contribution in [2.24, 2.45) is 17.8 Å². The number of nitrogens with one attached hydrogen (secondary N) is 1. The van der Waals surface area contributed by atoms with Crippen molar-refractivity contribution < 1.29 is 4.74 Å². The van der Waals surface area contributed by atoms with E-state index in [0.717, 1.165) is 38.7 Å². The molecule has 0 unspecified atom stereocenters. The van der Waals surface area contributed by atoms with Gasteiger partial charge in [0.05, 0.1) is 0 Å². The smallest absolute Gasteiger partial charge is 0.202 e. The van der Waals surface area contributed by atoms with Gasteiger partial charge in [0.1, 0.15) is 0 Å². The summed E-state index contributed by atoms with van der Waals surface area (Å²) in [6.07, 6.45) is 4.96. The fraction of sp³-hybridized carbons (Fsp3) is 0.812. The molecule has 0 aliphatic carbocycles. The fourth-order valence-corrected chi connectivity index (χ4v) is 2.56. The Morgan fingerprint density at radius 2 is 1.95 bits per heavy atom. The van der Waals surface area contributed by atoms with E-state index in [9.17, 15) is 0 Å². The van der Waals surface area contributed by atoms with E-state index in [0.29, 0.717) is 17.8 Å². The summed E-state index contributed by atoms with van der Waals surface area (Å²) in [5.74, 6) is 3.02. The fourth-order valence-electron chi connectivity index (χ4n) is 2.56. The topological polar surface area (TPSA) is 39.1 Å². The number of nitrogens with zero attached hydrogens (tertiary/aromatic N) is 2. The number of rotatable bonds is 10. The van der Waals surface area contributed by atoms with Crippen LogP contribution in [0.2, 0.25) is 0 Å². The number of ether oxygens (including phenoxy) is 1. The zero-order valence-electron chi connectivity index (χ0n) is 13.7. The lowest BCUT2D eigenvalue weighted by atomic mass is 9.85. The second-order valence-corrected chi connectivity index (χ2v) is 6.03. The summed E-state index contributed by atoms with van der Waals surface area (Å²) >= 11 is 0. The highest BCUT2D eigenvalue weighted by molar-refractivity contribution is 5.25. The van der Waals surface area contributed by atoms with E-state index < -0.39 is 0 Å². The number of imidazole rings is 1. The number of hydrogen-bond acceptors (Lipinski definition) is 3. The van der Waals surface area contributed by atoms with Gasteiger partial charge in [-0.1, -0.05) is 27.7 Å². The van der Waals surface area contributed by atoms with Crippen LogP contribution in [-0.4, -0.2) is 29.3 Å². The second kappa shape index (κ2) is 9.01. The van der Waals surface area contributed by atoms with Gasteiger partial charge in [0.25, 0.3) is 0 Å². The summed E-state index contributed by atoms with van der Waals surface area (Å²) in [7, 11) is 0. The maximum Gasteiger partial charge on any atom is 0.202 e. The van der Waals surface area contributed by atoms with E-state index in [1.54, 1.807) is 0 Å². The SMILES string of the molecule is CCOCCCNc1nccn1CC(C(C)C)C(C)C. The molecule has 0 amide bonds. The summed E-state index contributed by atoms with van der Waals surface area (Å²) < 4.78 is 7.58. The maximum atomic E-state index is 5.34. The van der Waals surface area contributed by atoms with Crippen molar-refractivity contribution in [1.29, 1.82) is 0 Å². The van der Waals surface area contributed by atoms with E-state index in [1.807, 2.05) is 13.1 Å². The highest BCUT2D eigenvalue weighted by atomic mass is 16.5. The third-order valence-corrected chi connectivity index (χ3v) is 3.79. The van der Waals surface area contributed by atoms with Crippen LogP contribution < -0.4 is 5.32 Å². The van der Waals surface area contributed by atoms with Crippen molar-refractivity contribution in [2.75, 3.05) is 25.1 Å². The Labute approximate surface area is 123 Å². The molecule has 1 aromatic rings. The molecule has 0 fully saturated rings. The zero-order chi connectivity index (χ0) is 15.0. The monoisotopic (exact) mass is 281 g/mol. The molecule has 1 rings (SSSR count). The molecule has 0 saturated carbocycles. The van der Waals surface area contributed by atoms with Gasteiger partial charge < -0.3 is 14.6 Å². The van der Waals surface area contributed by atoms with Crippen molar-refractivity contribution in [3.63, 3.8) is 0 Å². The van der Waals surface area contributed by atoms with Gasteiger partial charge >= 0.3 is 0 Å². The molecule has 0 radical (unpaired) electrons. The molecule has 4 nitrogen and oxygen atoms in total. The van der Waals surface area contributed by atoms with Gasteiger partial charge in [-0.2, -0.15) is 0 Å². The first-order valence-electron chi connectivity index (χ1n) is 7.89. The summed E-state index contributed by atoms with van der Waals surface area (Å²) in [5.41, 5.74) is 0. The Hall–Kier alpha value is -1.03. The van der Waals surface area contributed by atoms with E-state index in [2.05, 4.69) is 48.8 Å². The standard InChI is InChI=1S/C16H31N3O/c1-6-20-11-7-8-17-16-18-9-10-19(16)12-15(13(2)3)14(4)5/h9-10,13-15H,6-8,11-12H2,1-5H3,(H,17,18). The van der Waals surface area contributed by atoms with Gasteiger partial charge in [-0.25, -0.2) is 4.98 Å². The predicted octanol–water partition coefficient (Wildman–Crippen LogP) is 3.65. The number of anilines is 1. The summed E-state index contributed by atoms with van der Waals surface area (Å²) in [4.78, 5) is 4.42.